The molecule has 0 unspecified atom stereocenters. The number of carbonyl (C=O) groups excluding carboxylic acids is 1. The molecule has 1 aromatic carbocycles. The minimum absolute atomic E-state index is 0.0990. The summed E-state index contributed by atoms with van der Waals surface area (Å²) in [5, 5.41) is 6.11. The molecule has 5 heteroatoms. The molecule has 5 nitrogen and oxygen atoms in total. The molecule has 1 aliphatic rings. The summed E-state index contributed by atoms with van der Waals surface area (Å²) in [6, 6.07) is 5.45. The van der Waals surface area contributed by atoms with Gasteiger partial charge in [-0.15, -0.1) is 0 Å². The third-order valence-electron chi connectivity index (χ3n) is 2.76. The molecule has 2 N–H and O–H groups in total. The van der Waals surface area contributed by atoms with Gasteiger partial charge in [-0.05, 0) is 31.7 Å². The van der Waals surface area contributed by atoms with Crippen molar-refractivity contribution >= 4 is 5.91 Å². The number of hydrogen-bond acceptors (Lipinski definition) is 4. The zero-order valence-corrected chi connectivity index (χ0v) is 10.7. The first-order valence-electron chi connectivity index (χ1n) is 6.12. The largest absolute Gasteiger partial charge is 0.454 e. The van der Waals surface area contributed by atoms with E-state index in [1.807, 2.05) is 13.8 Å². The standard InChI is InChI=1S/C13H18N2O3/c1-3-14-9(2)7-15-13(16)10-4-5-11-12(6-10)18-8-17-11/h4-6,9,14H,3,7-8H2,1-2H3,(H,15,16)/t9-/m1/s1. The number of likely N-dealkylation sites (N-methyl/N-ethyl adjacent to an activating group) is 1. The summed E-state index contributed by atoms with van der Waals surface area (Å²) in [5.41, 5.74) is 0.586. The Bertz CT molecular complexity index is 434. The Kier molecular flexibility index (Phi) is 4.04. The van der Waals surface area contributed by atoms with Crippen LogP contribution in [0.5, 0.6) is 11.5 Å². The van der Waals surface area contributed by atoms with Gasteiger partial charge in [0.2, 0.25) is 6.79 Å². The molecule has 1 aromatic rings. The zero-order valence-electron chi connectivity index (χ0n) is 10.7. The molecule has 0 spiro atoms. The van der Waals surface area contributed by atoms with Crippen LogP contribution in [0.25, 0.3) is 0 Å². The van der Waals surface area contributed by atoms with Crippen molar-refractivity contribution in [2.75, 3.05) is 19.9 Å². The van der Waals surface area contributed by atoms with Crippen LogP contribution in [0.15, 0.2) is 18.2 Å². The van der Waals surface area contributed by atoms with Crippen LogP contribution in [-0.2, 0) is 0 Å². The second kappa shape index (κ2) is 5.73. The smallest absolute Gasteiger partial charge is 0.251 e. The molecule has 0 aromatic heterocycles. The number of ether oxygens (including phenoxy) is 2. The van der Waals surface area contributed by atoms with Crippen LogP contribution in [-0.4, -0.2) is 31.8 Å². The van der Waals surface area contributed by atoms with Crippen molar-refractivity contribution in [2.24, 2.45) is 0 Å². The molecule has 0 bridgehead atoms. The average Bonchev–Trinajstić information content (AvgIpc) is 2.83. The molecule has 18 heavy (non-hydrogen) atoms. The highest BCUT2D eigenvalue weighted by Crippen LogP contribution is 2.32. The van der Waals surface area contributed by atoms with E-state index in [1.54, 1.807) is 18.2 Å². The van der Waals surface area contributed by atoms with Crippen LogP contribution in [0.4, 0.5) is 0 Å². The van der Waals surface area contributed by atoms with E-state index >= 15 is 0 Å². The highest BCUT2D eigenvalue weighted by molar-refractivity contribution is 5.94. The van der Waals surface area contributed by atoms with E-state index < -0.39 is 0 Å². The van der Waals surface area contributed by atoms with Gasteiger partial charge >= 0.3 is 0 Å². The van der Waals surface area contributed by atoms with Crippen LogP contribution < -0.4 is 20.1 Å². The van der Waals surface area contributed by atoms with E-state index in [1.165, 1.54) is 0 Å². The highest BCUT2D eigenvalue weighted by atomic mass is 16.7. The summed E-state index contributed by atoms with van der Waals surface area (Å²) in [5.74, 6) is 1.22. The Balaban J connectivity index is 1.93. The topological polar surface area (TPSA) is 59.6 Å². The molecule has 98 valence electrons. The first kappa shape index (κ1) is 12.7. The van der Waals surface area contributed by atoms with Gasteiger partial charge in [0, 0.05) is 18.2 Å². The van der Waals surface area contributed by atoms with Gasteiger partial charge in [-0.25, -0.2) is 0 Å². The Labute approximate surface area is 106 Å². The van der Waals surface area contributed by atoms with Gasteiger partial charge in [-0.2, -0.15) is 0 Å². The number of fused-ring (bicyclic) bond motifs is 1. The molecular formula is C13H18N2O3. The Morgan fingerprint density at radius 2 is 2.17 bits per heavy atom. The summed E-state index contributed by atoms with van der Waals surface area (Å²) in [7, 11) is 0. The predicted octanol–water partition coefficient (Wildman–Crippen LogP) is 1.14. The summed E-state index contributed by atoms with van der Waals surface area (Å²) < 4.78 is 10.4. The maximum atomic E-state index is 11.9. The van der Waals surface area contributed by atoms with Crippen LogP contribution >= 0.6 is 0 Å². The van der Waals surface area contributed by atoms with Crippen molar-refractivity contribution in [2.45, 2.75) is 19.9 Å². The summed E-state index contributed by atoms with van der Waals surface area (Å²) in [6.45, 7) is 5.78. The number of amides is 1. The number of hydrogen-bond donors (Lipinski definition) is 2. The second-order valence-electron chi connectivity index (χ2n) is 4.24. The van der Waals surface area contributed by atoms with Crippen molar-refractivity contribution in [1.29, 1.82) is 0 Å². The van der Waals surface area contributed by atoms with Gasteiger partial charge in [-0.3, -0.25) is 4.79 Å². The van der Waals surface area contributed by atoms with E-state index in [2.05, 4.69) is 10.6 Å². The lowest BCUT2D eigenvalue weighted by atomic mass is 10.2. The molecule has 0 saturated carbocycles. The maximum Gasteiger partial charge on any atom is 0.251 e. The molecule has 0 radical (unpaired) electrons. The Morgan fingerprint density at radius 3 is 2.94 bits per heavy atom. The molecule has 1 heterocycles. The first-order valence-corrected chi connectivity index (χ1v) is 6.12. The van der Waals surface area contributed by atoms with E-state index in [0.717, 1.165) is 6.54 Å². The van der Waals surface area contributed by atoms with Crippen molar-refractivity contribution in [1.82, 2.24) is 10.6 Å². The van der Waals surface area contributed by atoms with Crippen LogP contribution in [0.3, 0.4) is 0 Å². The summed E-state index contributed by atoms with van der Waals surface area (Å²) >= 11 is 0. The summed E-state index contributed by atoms with van der Waals surface area (Å²) in [4.78, 5) is 11.9. The molecule has 0 aliphatic carbocycles. The lowest BCUT2D eigenvalue weighted by molar-refractivity contribution is 0.0950. The molecule has 1 amide bonds. The lowest BCUT2D eigenvalue weighted by Crippen LogP contribution is -2.38. The maximum absolute atomic E-state index is 11.9. The minimum Gasteiger partial charge on any atom is -0.454 e. The fourth-order valence-electron chi connectivity index (χ4n) is 1.81. The molecule has 2 rings (SSSR count). The quantitative estimate of drug-likeness (QED) is 0.823. The normalized spacial score (nSPS) is 14.3. The molecular weight excluding hydrogens is 232 g/mol. The third-order valence-corrected chi connectivity index (χ3v) is 2.76. The zero-order chi connectivity index (χ0) is 13.0. The van der Waals surface area contributed by atoms with E-state index in [-0.39, 0.29) is 18.7 Å². The number of rotatable bonds is 5. The predicted molar refractivity (Wildman–Crippen MR) is 68.0 cm³/mol. The molecule has 1 atom stereocenters. The highest BCUT2D eigenvalue weighted by Gasteiger charge is 2.16. The van der Waals surface area contributed by atoms with Crippen LogP contribution in [0.2, 0.25) is 0 Å². The van der Waals surface area contributed by atoms with Crippen LogP contribution in [0, 0.1) is 0 Å². The van der Waals surface area contributed by atoms with Gasteiger partial charge in [0.05, 0.1) is 0 Å². The SMILES string of the molecule is CCN[C@H](C)CNC(=O)c1ccc2c(c1)OCO2. The molecule has 1 aliphatic heterocycles. The van der Waals surface area contributed by atoms with Gasteiger partial charge in [0.25, 0.3) is 5.91 Å². The fraction of sp³-hybridized carbons (Fsp3) is 0.462. The van der Waals surface area contributed by atoms with Crippen LogP contribution in [0.1, 0.15) is 24.2 Å². The summed E-state index contributed by atoms with van der Waals surface area (Å²) in [6.07, 6.45) is 0. The second-order valence-corrected chi connectivity index (χ2v) is 4.24. The fourth-order valence-corrected chi connectivity index (χ4v) is 1.81. The Hall–Kier alpha value is -1.75. The first-order chi connectivity index (χ1) is 8.70. The van der Waals surface area contributed by atoms with E-state index in [9.17, 15) is 4.79 Å². The Morgan fingerprint density at radius 1 is 1.39 bits per heavy atom. The van der Waals surface area contributed by atoms with Crippen molar-refractivity contribution in [3.8, 4) is 11.5 Å². The molecule has 0 fully saturated rings. The number of carbonyl (C=O) groups is 1. The van der Waals surface area contributed by atoms with Gasteiger partial charge in [0.15, 0.2) is 11.5 Å². The van der Waals surface area contributed by atoms with E-state index in [4.69, 9.17) is 9.47 Å². The molecule has 0 saturated heterocycles. The van der Waals surface area contributed by atoms with Gasteiger partial charge < -0.3 is 20.1 Å². The van der Waals surface area contributed by atoms with Crippen molar-refractivity contribution in [3.63, 3.8) is 0 Å². The van der Waals surface area contributed by atoms with E-state index in [0.29, 0.717) is 23.6 Å². The minimum atomic E-state index is -0.0990. The lowest BCUT2D eigenvalue weighted by Gasteiger charge is -2.13. The van der Waals surface area contributed by atoms with Gasteiger partial charge in [-0.1, -0.05) is 6.92 Å². The van der Waals surface area contributed by atoms with Crippen molar-refractivity contribution < 1.29 is 14.3 Å². The van der Waals surface area contributed by atoms with Crippen molar-refractivity contribution in [3.05, 3.63) is 23.8 Å². The number of benzene rings is 1. The average molecular weight is 250 g/mol. The number of nitrogens with one attached hydrogen (secondary N) is 2. The monoisotopic (exact) mass is 250 g/mol. The van der Waals surface area contributed by atoms with Gasteiger partial charge in [0.1, 0.15) is 0 Å². The third kappa shape index (κ3) is 2.92.